The van der Waals surface area contributed by atoms with Gasteiger partial charge in [-0.25, -0.2) is 0 Å². The average molecular weight is 389 g/mol. The highest BCUT2D eigenvalue weighted by Gasteiger charge is 2.41. The van der Waals surface area contributed by atoms with Crippen molar-refractivity contribution in [1.29, 1.82) is 0 Å². The molecule has 1 aromatic heterocycles. The second-order valence-electron chi connectivity index (χ2n) is 6.66. The molecule has 7 nitrogen and oxygen atoms in total. The summed E-state index contributed by atoms with van der Waals surface area (Å²) >= 11 is 0. The highest BCUT2D eigenvalue weighted by molar-refractivity contribution is 5.95. The van der Waals surface area contributed by atoms with Crippen molar-refractivity contribution in [3.05, 3.63) is 23.2 Å². The molecule has 0 bridgehead atoms. The molecule has 2 aliphatic rings. The van der Waals surface area contributed by atoms with Crippen LogP contribution in [0, 0.1) is 6.92 Å². The molecule has 150 valence electrons. The molecule has 3 rings (SSSR count). The summed E-state index contributed by atoms with van der Waals surface area (Å²) in [5.74, 6) is -1.91. The van der Waals surface area contributed by atoms with Gasteiger partial charge in [-0.2, -0.15) is 13.2 Å². The Morgan fingerprint density at radius 3 is 2.26 bits per heavy atom. The minimum absolute atomic E-state index is 0.00268. The molecule has 0 N–H and O–H groups in total. The Hall–Kier alpha value is -2.07. The van der Waals surface area contributed by atoms with Crippen LogP contribution in [0.25, 0.3) is 0 Å². The molecule has 0 radical (unpaired) electrons. The number of ether oxygens (including phenoxy) is 1. The van der Waals surface area contributed by atoms with Crippen molar-refractivity contribution in [3.63, 3.8) is 0 Å². The highest BCUT2D eigenvalue weighted by atomic mass is 19.4. The Morgan fingerprint density at radius 2 is 1.67 bits per heavy atom. The van der Waals surface area contributed by atoms with E-state index in [9.17, 15) is 22.8 Å². The van der Waals surface area contributed by atoms with Crippen molar-refractivity contribution < 1.29 is 31.9 Å². The van der Waals surface area contributed by atoms with Gasteiger partial charge in [0.15, 0.2) is 0 Å². The Balaban J connectivity index is 1.56. The Morgan fingerprint density at radius 1 is 1.04 bits per heavy atom. The first kappa shape index (κ1) is 19.7. The largest absolute Gasteiger partial charge is 0.456 e. The molecular weight excluding hydrogens is 367 g/mol. The summed E-state index contributed by atoms with van der Waals surface area (Å²) in [7, 11) is 0. The van der Waals surface area contributed by atoms with Crippen molar-refractivity contribution in [3.8, 4) is 0 Å². The van der Waals surface area contributed by atoms with Crippen LogP contribution in [0.15, 0.2) is 10.5 Å². The SMILES string of the molecule is Cc1cc(C(=O)N2CCN(CC(=O)N3CCOCC3)CC2)c(C(F)(F)F)o1. The first-order valence-corrected chi connectivity index (χ1v) is 8.80. The molecule has 1 aromatic rings. The summed E-state index contributed by atoms with van der Waals surface area (Å²) in [6.45, 7) is 5.18. The number of morpholine rings is 1. The molecule has 0 aliphatic carbocycles. The lowest BCUT2D eigenvalue weighted by Crippen LogP contribution is -2.52. The lowest BCUT2D eigenvalue weighted by molar-refractivity contribution is -0.153. The number of nitrogens with zero attached hydrogens (tertiary/aromatic N) is 3. The summed E-state index contributed by atoms with van der Waals surface area (Å²) in [5, 5.41) is 0. The molecule has 2 amide bonds. The molecule has 0 saturated carbocycles. The normalized spacial score (nSPS) is 19.4. The standard InChI is InChI=1S/C17H22F3N3O4/c1-12-10-13(15(27-12)17(18,19)20)16(25)23-4-2-21(3-5-23)11-14(24)22-6-8-26-9-7-22/h10H,2-9,11H2,1H3. The van der Waals surface area contributed by atoms with Gasteiger partial charge in [0.25, 0.3) is 5.91 Å². The predicted molar refractivity (Wildman–Crippen MR) is 88.2 cm³/mol. The summed E-state index contributed by atoms with van der Waals surface area (Å²) in [5.41, 5.74) is -0.460. The molecule has 0 atom stereocenters. The van der Waals surface area contributed by atoms with Crippen LogP contribution in [0.2, 0.25) is 0 Å². The van der Waals surface area contributed by atoms with Gasteiger partial charge in [-0.15, -0.1) is 0 Å². The van der Waals surface area contributed by atoms with Crippen LogP contribution in [0.4, 0.5) is 13.2 Å². The molecule has 2 fully saturated rings. The first-order chi connectivity index (χ1) is 12.8. The lowest BCUT2D eigenvalue weighted by Gasteiger charge is -2.36. The maximum Gasteiger partial charge on any atom is 0.450 e. The van der Waals surface area contributed by atoms with Gasteiger partial charge >= 0.3 is 6.18 Å². The zero-order chi connectivity index (χ0) is 19.6. The zero-order valence-electron chi connectivity index (χ0n) is 15.0. The number of hydrogen-bond acceptors (Lipinski definition) is 5. The molecule has 0 aromatic carbocycles. The van der Waals surface area contributed by atoms with Crippen molar-refractivity contribution in [1.82, 2.24) is 14.7 Å². The van der Waals surface area contributed by atoms with Crippen molar-refractivity contribution in [2.45, 2.75) is 13.1 Å². The third-order valence-electron chi connectivity index (χ3n) is 4.73. The summed E-state index contributed by atoms with van der Waals surface area (Å²) < 4.78 is 49.1. The summed E-state index contributed by atoms with van der Waals surface area (Å²) in [6, 6.07) is 1.12. The Labute approximate surface area is 154 Å². The molecule has 3 heterocycles. The number of carbonyl (C=O) groups is 2. The van der Waals surface area contributed by atoms with Crippen LogP contribution in [0.1, 0.15) is 21.9 Å². The first-order valence-electron chi connectivity index (χ1n) is 8.80. The van der Waals surface area contributed by atoms with Crippen molar-refractivity contribution in [2.75, 3.05) is 59.0 Å². The molecule has 27 heavy (non-hydrogen) atoms. The quantitative estimate of drug-likeness (QED) is 0.778. The van der Waals surface area contributed by atoms with E-state index in [1.807, 2.05) is 4.90 Å². The van der Waals surface area contributed by atoms with Crippen LogP contribution in [-0.4, -0.2) is 85.5 Å². The van der Waals surface area contributed by atoms with E-state index in [4.69, 9.17) is 4.74 Å². The Kier molecular flexibility index (Phi) is 5.75. The van der Waals surface area contributed by atoms with Crippen LogP contribution in [0.3, 0.4) is 0 Å². The monoisotopic (exact) mass is 389 g/mol. The lowest BCUT2D eigenvalue weighted by atomic mass is 10.2. The van der Waals surface area contributed by atoms with E-state index in [0.29, 0.717) is 39.4 Å². The van der Waals surface area contributed by atoms with Gasteiger partial charge in [0.1, 0.15) is 5.76 Å². The topological polar surface area (TPSA) is 66.2 Å². The molecule has 10 heteroatoms. The number of furan rings is 1. The smallest absolute Gasteiger partial charge is 0.450 e. The van der Waals surface area contributed by atoms with Crippen LogP contribution < -0.4 is 0 Å². The number of carbonyl (C=O) groups excluding carboxylic acids is 2. The fraction of sp³-hybridized carbons (Fsp3) is 0.647. The fourth-order valence-electron chi connectivity index (χ4n) is 3.27. The zero-order valence-corrected chi connectivity index (χ0v) is 15.0. The molecule has 2 saturated heterocycles. The van der Waals surface area contributed by atoms with Crippen molar-refractivity contribution >= 4 is 11.8 Å². The maximum absolute atomic E-state index is 13.0. The van der Waals surface area contributed by atoms with Gasteiger partial charge in [-0.3, -0.25) is 14.5 Å². The van der Waals surface area contributed by atoms with E-state index in [0.717, 1.165) is 6.07 Å². The number of aryl methyl sites for hydroxylation is 1. The van der Waals surface area contributed by atoms with Crippen LogP contribution >= 0.6 is 0 Å². The second-order valence-corrected chi connectivity index (χ2v) is 6.66. The van der Waals surface area contributed by atoms with E-state index in [1.54, 1.807) is 4.90 Å². The molecular formula is C17H22F3N3O4. The van der Waals surface area contributed by atoms with Gasteiger partial charge in [-0.05, 0) is 13.0 Å². The van der Waals surface area contributed by atoms with Crippen molar-refractivity contribution in [2.24, 2.45) is 0 Å². The van der Waals surface area contributed by atoms with Gasteiger partial charge in [0, 0.05) is 39.3 Å². The fourth-order valence-corrected chi connectivity index (χ4v) is 3.27. The molecule has 2 aliphatic heterocycles. The number of alkyl halides is 3. The highest BCUT2D eigenvalue weighted by Crippen LogP contribution is 2.34. The van der Waals surface area contributed by atoms with Gasteiger partial charge < -0.3 is 19.0 Å². The summed E-state index contributed by atoms with van der Waals surface area (Å²) in [6.07, 6.45) is -4.72. The van der Waals surface area contributed by atoms with Crippen LogP contribution in [0.5, 0.6) is 0 Å². The number of amides is 2. The maximum atomic E-state index is 13.0. The van der Waals surface area contributed by atoms with Crippen LogP contribution in [-0.2, 0) is 15.7 Å². The number of hydrogen-bond donors (Lipinski definition) is 0. The average Bonchev–Trinajstić information content (AvgIpc) is 3.05. The third-order valence-corrected chi connectivity index (χ3v) is 4.73. The van der Waals surface area contributed by atoms with Gasteiger partial charge in [0.05, 0.1) is 25.3 Å². The second kappa shape index (κ2) is 7.89. The predicted octanol–water partition coefficient (Wildman–Crippen LogP) is 1.22. The molecule has 0 spiro atoms. The van der Waals surface area contributed by atoms with Gasteiger partial charge in [-0.1, -0.05) is 0 Å². The molecule has 0 unspecified atom stereocenters. The van der Waals surface area contributed by atoms with E-state index in [1.165, 1.54) is 11.8 Å². The van der Waals surface area contributed by atoms with E-state index in [-0.39, 0.29) is 31.3 Å². The minimum Gasteiger partial charge on any atom is -0.456 e. The summed E-state index contributed by atoms with van der Waals surface area (Å²) in [4.78, 5) is 29.8. The minimum atomic E-state index is -4.72. The van der Waals surface area contributed by atoms with E-state index >= 15 is 0 Å². The van der Waals surface area contributed by atoms with E-state index < -0.39 is 23.4 Å². The third kappa shape index (κ3) is 4.62. The number of rotatable bonds is 3. The van der Waals surface area contributed by atoms with E-state index in [2.05, 4.69) is 4.42 Å². The number of piperazine rings is 1. The number of halogens is 3. The Bertz CT molecular complexity index is 690. The van der Waals surface area contributed by atoms with Gasteiger partial charge in [0.2, 0.25) is 11.7 Å².